The molecule has 12 rings (SSSR count). The molecule has 0 unspecified atom stereocenters. The van der Waals surface area contributed by atoms with Gasteiger partial charge < -0.3 is 0 Å². The molecule has 314 valence electrons. The second-order valence-corrected chi connectivity index (χ2v) is 16.9. The van der Waals surface area contributed by atoms with Crippen LogP contribution in [0, 0.1) is 17.9 Å². The molecule has 0 amide bonds. The number of rotatable bonds is 8. The predicted molar refractivity (Wildman–Crippen MR) is 276 cm³/mol. The van der Waals surface area contributed by atoms with Gasteiger partial charge in [-0.05, 0) is 113 Å². The molecule has 5 heteroatoms. The molecule has 0 fully saturated rings. The summed E-state index contributed by atoms with van der Waals surface area (Å²) in [5.41, 5.74) is 19.1. The van der Waals surface area contributed by atoms with E-state index in [1.54, 1.807) is 0 Å². The summed E-state index contributed by atoms with van der Waals surface area (Å²) in [6.45, 7) is 8.32. The quantitative estimate of drug-likeness (QED) is 0.143. The van der Waals surface area contributed by atoms with Gasteiger partial charge in [-0.2, -0.15) is 5.26 Å². The molecule has 0 bridgehead atoms. The molecule has 0 N–H and O–H groups in total. The zero-order valence-corrected chi connectivity index (χ0v) is 36.6. The zero-order valence-electron chi connectivity index (χ0n) is 36.6. The van der Waals surface area contributed by atoms with Gasteiger partial charge in [0, 0.05) is 16.7 Å². The van der Waals surface area contributed by atoms with Crippen molar-refractivity contribution in [2.45, 2.75) is 0 Å². The second kappa shape index (κ2) is 16.8. The number of nitrogens with zero attached hydrogens (tertiary/aromatic N) is 5. The Morgan fingerprint density at radius 2 is 0.779 bits per heavy atom. The van der Waals surface area contributed by atoms with Gasteiger partial charge in [0.15, 0.2) is 23.2 Å². The Balaban J connectivity index is 0.916. The van der Waals surface area contributed by atoms with Gasteiger partial charge in [0.25, 0.3) is 0 Å². The van der Waals surface area contributed by atoms with Crippen molar-refractivity contribution in [2.24, 2.45) is 0 Å². The van der Waals surface area contributed by atoms with Crippen LogP contribution in [0.2, 0.25) is 0 Å². The van der Waals surface area contributed by atoms with Crippen LogP contribution in [0.15, 0.2) is 224 Å². The molecule has 1 aromatic heterocycles. The average Bonchev–Trinajstić information content (AvgIpc) is 3.75. The van der Waals surface area contributed by atoms with E-state index in [-0.39, 0.29) is 0 Å². The minimum Gasteiger partial charge on any atom is -0.238 e. The smallest absolute Gasteiger partial charge is 0.194 e. The van der Waals surface area contributed by atoms with E-state index in [0.29, 0.717) is 28.7 Å². The lowest BCUT2D eigenvalue weighted by molar-refractivity contribution is 1.07. The number of fused-ring (bicyclic) bond motifs is 3. The third-order valence-electron chi connectivity index (χ3n) is 13.0. The van der Waals surface area contributed by atoms with E-state index in [1.165, 1.54) is 38.6 Å². The van der Waals surface area contributed by atoms with Crippen LogP contribution in [0.5, 0.6) is 0 Å². The van der Waals surface area contributed by atoms with Crippen LogP contribution >= 0.6 is 0 Å². The first kappa shape index (κ1) is 40.0. The first-order valence-corrected chi connectivity index (χ1v) is 22.5. The molecule has 1 heterocycles. The highest BCUT2D eigenvalue weighted by atomic mass is 15.0. The van der Waals surface area contributed by atoms with Crippen LogP contribution in [-0.4, -0.2) is 15.0 Å². The molecule has 68 heavy (non-hydrogen) atoms. The van der Waals surface area contributed by atoms with E-state index in [1.807, 2.05) is 115 Å². The van der Waals surface area contributed by atoms with Crippen molar-refractivity contribution in [3.8, 4) is 118 Å². The highest BCUT2D eigenvalue weighted by molar-refractivity contribution is 6.16. The van der Waals surface area contributed by atoms with Crippen LogP contribution in [0.4, 0.5) is 5.69 Å². The Morgan fingerprint density at radius 3 is 1.43 bits per heavy atom. The molecular formula is C63H37N5. The number of nitriles is 1. The van der Waals surface area contributed by atoms with Crippen molar-refractivity contribution < 1.29 is 0 Å². The highest BCUT2D eigenvalue weighted by Crippen LogP contribution is 2.49. The standard InChI is InChI=1S/C63H37N5/c1-65-59-35-34-47(51-16-6-5-15-50(51)44-30-26-43(27-31-44)49-36-48-14-11-21-55-52-17-7-8-18-53(52)58(38-49)60(48)55)37-57(59)54-19-9-10-20-56(54)63-67-61(45-12-3-2-4-13-45)66-62(68-63)46-32-28-42(29-33-46)41-24-22-40(39-64)23-25-41/h2-38H. The summed E-state index contributed by atoms with van der Waals surface area (Å²) in [4.78, 5) is 19.3. The van der Waals surface area contributed by atoms with E-state index in [2.05, 4.69) is 120 Å². The highest BCUT2D eigenvalue weighted by Gasteiger charge is 2.22. The number of benzene rings is 10. The van der Waals surface area contributed by atoms with Crippen LogP contribution in [0.25, 0.3) is 128 Å². The first-order valence-electron chi connectivity index (χ1n) is 22.5. The average molecular weight is 864 g/mol. The summed E-state index contributed by atoms with van der Waals surface area (Å²) in [6.07, 6.45) is 0. The molecule has 10 aromatic carbocycles. The maximum absolute atomic E-state index is 9.29. The summed E-state index contributed by atoms with van der Waals surface area (Å²) in [6, 6.07) is 79.3. The predicted octanol–water partition coefficient (Wildman–Crippen LogP) is 16.4. The SMILES string of the molecule is [C-]#[N+]c1ccc(-c2ccccc2-c2ccc(-c3cc4c5c(cccc5c3)-c3ccccc3-4)cc2)cc1-c1ccccc1-c1nc(-c2ccccc2)nc(-c2ccc(-c3ccc(C#N)cc3)cc2)n1. The lowest BCUT2D eigenvalue weighted by atomic mass is 9.90. The first-order chi connectivity index (χ1) is 33.6. The molecule has 0 saturated heterocycles. The number of aromatic nitrogens is 3. The Morgan fingerprint density at radius 1 is 0.324 bits per heavy atom. The third-order valence-corrected chi connectivity index (χ3v) is 13.0. The summed E-state index contributed by atoms with van der Waals surface area (Å²) >= 11 is 0. The fourth-order valence-electron chi connectivity index (χ4n) is 9.63. The topological polar surface area (TPSA) is 66.8 Å². The lowest BCUT2D eigenvalue weighted by Gasteiger charge is -2.16. The molecule has 1 aliphatic carbocycles. The number of hydrogen-bond donors (Lipinski definition) is 0. The summed E-state index contributed by atoms with van der Waals surface area (Å²) < 4.78 is 0. The van der Waals surface area contributed by atoms with Crippen molar-refractivity contribution in [1.82, 2.24) is 15.0 Å². The van der Waals surface area contributed by atoms with Gasteiger partial charge in [-0.15, -0.1) is 0 Å². The minimum atomic E-state index is 0.507. The van der Waals surface area contributed by atoms with Gasteiger partial charge in [0.2, 0.25) is 0 Å². The summed E-state index contributed by atoms with van der Waals surface area (Å²) in [5, 5.41) is 11.9. The Bertz CT molecular complexity index is 3840. The summed E-state index contributed by atoms with van der Waals surface area (Å²) in [7, 11) is 0. The maximum Gasteiger partial charge on any atom is 0.194 e. The summed E-state index contributed by atoms with van der Waals surface area (Å²) in [5.74, 6) is 1.59. The number of hydrogen-bond acceptors (Lipinski definition) is 4. The Labute approximate surface area is 394 Å². The molecule has 1 aliphatic rings. The molecule has 0 aliphatic heterocycles. The van der Waals surface area contributed by atoms with E-state index in [0.717, 1.165) is 66.8 Å². The van der Waals surface area contributed by atoms with Crippen LogP contribution < -0.4 is 0 Å². The van der Waals surface area contributed by atoms with Crippen LogP contribution in [0.3, 0.4) is 0 Å². The Hall–Kier alpha value is -9.55. The van der Waals surface area contributed by atoms with Gasteiger partial charge in [-0.25, -0.2) is 19.8 Å². The van der Waals surface area contributed by atoms with Gasteiger partial charge >= 0.3 is 0 Å². The third kappa shape index (κ3) is 7.09. The molecular weight excluding hydrogens is 827 g/mol. The maximum atomic E-state index is 9.29. The molecule has 5 nitrogen and oxygen atoms in total. The molecule has 0 radical (unpaired) electrons. The largest absolute Gasteiger partial charge is 0.238 e. The van der Waals surface area contributed by atoms with Gasteiger partial charge in [0.05, 0.1) is 18.2 Å². The molecule has 0 saturated carbocycles. The van der Waals surface area contributed by atoms with Crippen LogP contribution in [-0.2, 0) is 0 Å². The fourth-order valence-corrected chi connectivity index (χ4v) is 9.63. The van der Waals surface area contributed by atoms with E-state index in [9.17, 15) is 5.26 Å². The van der Waals surface area contributed by atoms with Gasteiger partial charge in [-0.3, -0.25) is 0 Å². The zero-order chi connectivity index (χ0) is 45.6. The van der Waals surface area contributed by atoms with Gasteiger partial charge in [-0.1, -0.05) is 200 Å². The van der Waals surface area contributed by atoms with Crippen LogP contribution in [0.1, 0.15) is 5.56 Å². The molecule has 0 atom stereocenters. The van der Waals surface area contributed by atoms with E-state index in [4.69, 9.17) is 21.5 Å². The second-order valence-electron chi connectivity index (χ2n) is 16.9. The lowest BCUT2D eigenvalue weighted by Crippen LogP contribution is -2.01. The fraction of sp³-hybridized carbons (Fsp3) is 0. The molecule has 11 aromatic rings. The van der Waals surface area contributed by atoms with E-state index >= 15 is 0 Å². The van der Waals surface area contributed by atoms with Crippen molar-refractivity contribution >= 4 is 16.5 Å². The van der Waals surface area contributed by atoms with Crippen molar-refractivity contribution in [1.29, 1.82) is 5.26 Å². The van der Waals surface area contributed by atoms with Gasteiger partial charge in [0.1, 0.15) is 0 Å². The Kier molecular flexibility index (Phi) is 9.87. The van der Waals surface area contributed by atoms with Crippen molar-refractivity contribution in [3.63, 3.8) is 0 Å². The normalized spacial score (nSPS) is 11.2. The molecule has 0 spiro atoms. The van der Waals surface area contributed by atoms with E-state index < -0.39 is 0 Å². The monoisotopic (exact) mass is 863 g/mol. The minimum absolute atomic E-state index is 0.507. The van der Waals surface area contributed by atoms with Crippen molar-refractivity contribution in [2.75, 3.05) is 0 Å². The van der Waals surface area contributed by atoms with Crippen molar-refractivity contribution in [3.05, 3.63) is 241 Å².